The number of fused-ring (bicyclic) bond motifs is 1. The number of imidazole rings is 1. The summed E-state index contributed by atoms with van der Waals surface area (Å²) in [4.78, 5) is 58.2. The van der Waals surface area contributed by atoms with Crippen LogP contribution in [0.25, 0.3) is 11.2 Å². The second-order valence-electron chi connectivity index (χ2n) is 6.94. The molecule has 6 atom stereocenters. The van der Waals surface area contributed by atoms with Gasteiger partial charge >= 0.3 is 23.5 Å². The van der Waals surface area contributed by atoms with Crippen molar-refractivity contribution in [1.82, 2.24) is 19.5 Å². The molecule has 1 fully saturated rings. The summed E-state index contributed by atoms with van der Waals surface area (Å²) in [5, 5.41) is 10.4. The zero-order chi connectivity index (χ0) is 25.7. The Morgan fingerprint density at radius 3 is 2.50 bits per heavy atom. The lowest BCUT2D eigenvalue weighted by atomic mass is 9.99. The summed E-state index contributed by atoms with van der Waals surface area (Å²) in [6, 6.07) is 0. The van der Waals surface area contributed by atoms with Gasteiger partial charge in [-0.15, -0.1) is 11.6 Å². The Labute approximate surface area is 192 Å². The van der Waals surface area contributed by atoms with Crippen molar-refractivity contribution in [2.75, 3.05) is 12.5 Å². The number of aromatic nitrogens is 4. The molecule has 0 aromatic carbocycles. The molecule has 0 aliphatic carbocycles. The summed E-state index contributed by atoms with van der Waals surface area (Å²) >= 11 is 5.80. The van der Waals surface area contributed by atoms with Gasteiger partial charge < -0.3 is 34.4 Å². The van der Waals surface area contributed by atoms with Crippen LogP contribution in [-0.2, 0) is 31.6 Å². The third-order valence-electron chi connectivity index (χ3n) is 4.41. The SMILES string of the molecule is Cc1nc2c(ncn2[C@@H]2O[C@](CCl)(COP(=O)(O)OP(=O)(O)OP(=O)(O)O)[C@@H](O)[C@H]2F)c(=O)[nH]1. The number of halogens is 2. The maximum Gasteiger partial charge on any atom is 0.490 e. The molecule has 0 amide bonds. The fourth-order valence-electron chi connectivity index (χ4n) is 3.02. The number of H-pyrrole nitrogens is 1. The van der Waals surface area contributed by atoms with Crippen LogP contribution in [-0.4, -0.2) is 74.6 Å². The molecule has 1 aliphatic heterocycles. The number of hydrogen-bond acceptors (Lipinski definition) is 11. The van der Waals surface area contributed by atoms with E-state index in [1.165, 1.54) is 6.92 Å². The molecule has 0 radical (unpaired) electrons. The van der Waals surface area contributed by atoms with E-state index < -0.39 is 65.6 Å². The molecule has 1 saturated heterocycles. The maximum absolute atomic E-state index is 15.0. The molecule has 1 aliphatic rings. The third kappa shape index (κ3) is 5.82. The van der Waals surface area contributed by atoms with Gasteiger partial charge in [0.15, 0.2) is 23.6 Å². The summed E-state index contributed by atoms with van der Waals surface area (Å²) in [5.41, 5.74) is -3.16. The molecule has 0 spiro atoms. The van der Waals surface area contributed by atoms with Gasteiger partial charge in [0.05, 0.1) is 18.8 Å². The van der Waals surface area contributed by atoms with Crippen LogP contribution in [0, 0.1) is 6.92 Å². The quantitative estimate of drug-likeness (QED) is 0.170. The summed E-state index contributed by atoms with van der Waals surface area (Å²) in [5.74, 6) is -0.593. The zero-order valence-electron chi connectivity index (χ0n) is 16.7. The maximum atomic E-state index is 15.0. The Balaban J connectivity index is 1.83. The number of phosphoric ester groups is 1. The Morgan fingerprint density at radius 2 is 1.91 bits per heavy atom. The van der Waals surface area contributed by atoms with Crippen molar-refractivity contribution < 1.29 is 60.6 Å². The van der Waals surface area contributed by atoms with Crippen molar-refractivity contribution in [2.24, 2.45) is 0 Å². The van der Waals surface area contributed by atoms with Crippen LogP contribution in [0.2, 0.25) is 0 Å². The first-order valence-corrected chi connectivity index (χ1v) is 13.8. The Morgan fingerprint density at radius 1 is 1.26 bits per heavy atom. The zero-order valence-corrected chi connectivity index (χ0v) is 20.1. The van der Waals surface area contributed by atoms with Gasteiger partial charge in [0.1, 0.15) is 17.5 Å². The molecule has 3 heterocycles. The van der Waals surface area contributed by atoms with E-state index in [2.05, 4.69) is 28.1 Å². The highest BCUT2D eigenvalue weighted by Gasteiger charge is 2.57. The second kappa shape index (κ2) is 9.41. The number of aromatic amines is 1. The van der Waals surface area contributed by atoms with E-state index in [-0.39, 0.29) is 17.0 Å². The predicted molar refractivity (Wildman–Crippen MR) is 107 cm³/mol. The first-order valence-electron chi connectivity index (χ1n) is 8.77. The molecule has 0 bridgehead atoms. The lowest BCUT2D eigenvalue weighted by Crippen LogP contribution is -2.47. The van der Waals surface area contributed by atoms with Gasteiger partial charge in [-0.2, -0.15) is 8.62 Å². The summed E-state index contributed by atoms with van der Waals surface area (Å²) in [6.45, 7) is 0.235. The van der Waals surface area contributed by atoms with Crippen molar-refractivity contribution in [2.45, 2.75) is 31.0 Å². The minimum Gasteiger partial charge on any atom is -0.387 e. The first-order chi connectivity index (χ1) is 15.5. The Kier molecular flexibility index (Phi) is 7.61. The Hall–Kier alpha value is -1.10. The molecule has 2 unspecified atom stereocenters. The summed E-state index contributed by atoms with van der Waals surface area (Å²) in [6.07, 6.45) is -5.06. The van der Waals surface area contributed by atoms with E-state index >= 15 is 4.39 Å². The van der Waals surface area contributed by atoms with Crippen molar-refractivity contribution >= 4 is 46.2 Å². The summed E-state index contributed by atoms with van der Waals surface area (Å²) < 4.78 is 67.2. The number of nitrogens with zero attached hydrogens (tertiary/aromatic N) is 3. The molecule has 22 heteroatoms. The smallest absolute Gasteiger partial charge is 0.387 e. The fourth-order valence-corrected chi connectivity index (χ4v) is 6.39. The number of aliphatic hydroxyl groups is 1. The van der Waals surface area contributed by atoms with Crippen LogP contribution in [0.1, 0.15) is 12.1 Å². The van der Waals surface area contributed by atoms with Crippen molar-refractivity contribution in [3.05, 3.63) is 22.5 Å². The highest BCUT2D eigenvalue weighted by atomic mass is 35.5. The van der Waals surface area contributed by atoms with Crippen molar-refractivity contribution in [3.63, 3.8) is 0 Å². The highest BCUT2D eigenvalue weighted by molar-refractivity contribution is 7.66. The van der Waals surface area contributed by atoms with Crippen LogP contribution >= 0.6 is 35.1 Å². The van der Waals surface area contributed by atoms with Gasteiger partial charge in [-0.3, -0.25) is 13.9 Å². The lowest BCUT2D eigenvalue weighted by molar-refractivity contribution is -0.111. The van der Waals surface area contributed by atoms with Crippen LogP contribution in [0.5, 0.6) is 0 Å². The second-order valence-corrected chi connectivity index (χ2v) is 11.6. The van der Waals surface area contributed by atoms with E-state index in [9.17, 15) is 33.4 Å². The van der Waals surface area contributed by atoms with Gasteiger partial charge in [-0.25, -0.2) is 28.1 Å². The number of ether oxygens (including phenoxy) is 1. The fraction of sp³-hybridized carbons (Fsp3) is 0.583. The highest BCUT2D eigenvalue weighted by Crippen LogP contribution is 2.66. The van der Waals surface area contributed by atoms with Crippen LogP contribution < -0.4 is 5.56 Å². The van der Waals surface area contributed by atoms with Gasteiger partial charge in [0, 0.05) is 0 Å². The Bertz CT molecular complexity index is 1280. The first kappa shape index (κ1) is 27.5. The average molecular weight is 573 g/mol. The van der Waals surface area contributed by atoms with E-state index in [4.69, 9.17) is 26.1 Å². The molecule has 3 rings (SSSR count). The third-order valence-corrected chi connectivity index (χ3v) is 8.64. The van der Waals surface area contributed by atoms with E-state index in [1.807, 2.05) is 0 Å². The molecular weight excluding hydrogens is 556 g/mol. The van der Waals surface area contributed by atoms with E-state index in [0.29, 0.717) is 0 Å². The molecule has 0 saturated carbocycles. The number of phosphoric acid groups is 3. The normalized spacial score (nSPS) is 29.2. The van der Waals surface area contributed by atoms with Crippen LogP contribution in [0.4, 0.5) is 4.39 Å². The average Bonchev–Trinajstić information content (AvgIpc) is 3.18. The van der Waals surface area contributed by atoms with Gasteiger partial charge in [0.2, 0.25) is 0 Å². The van der Waals surface area contributed by atoms with E-state index in [1.54, 1.807) is 0 Å². The number of hydrogen-bond donors (Lipinski definition) is 6. The standard InChI is InChI=1S/C12H17ClFN4O13P3/c1-5-16-9-7(10(20)17-5)15-4-18(9)11-6(14)8(19)12(2-13,29-11)3-28-33(24,25)31-34(26,27)30-32(21,22)23/h4,6,8,11,19H,2-3H2,1H3,(H,24,25)(H,26,27)(H,16,17,20)(H2,21,22,23)/t6-,8+,11-,12-/m1/s1. The summed E-state index contributed by atoms with van der Waals surface area (Å²) in [7, 11) is -17.0. The lowest BCUT2D eigenvalue weighted by Gasteiger charge is -2.29. The molecular formula is C12H17ClFN4O13P3. The van der Waals surface area contributed by atoms with Crippen LogP contribution in [0.3, 0.4) is 0 Å². The van der Waals surface area contributed by atoms with Gasteiger partial charge in [-0.1, -0.05) is 0 Å². The minimum atomic E-state index is -5.81. The molecule has 192 valence electrons. The largest absolute Gasteiger partial charge is 0.490 e. The minimum absolute atomic E-state index is 0.112. The topological polar surface area (TPSA) is 253 Å². The number of aryl methyl sites for hydroxylation is 1. The number of rotatable bonds is 9. The van der Waals surface area contributed by atoms with E-state index in [0.717, 1.165) is 10.9 Å². The van der Waals surface area contributed by atoms with Gasteiger partial charge in [0.25, 0.3) is 5.56 Å². The molecule has 2 aromatic heterocycles. The molecule has 2 aromatic rings. The number of aliphatic hydroxyl groups excluding tert-OH is 1. The van der Waals surface area contributed by atoms with Gasteiger partial charge in [-0.05, 0) is 6.92 Å². The molecule has 6 N–H and O–H groups in total. The van der Waals surface area contributed by atoms with Crippen molar-refractivity contribution in [1.29, 1.82) is 0 Å². The molecule has 34 heavy (non-hydrogen) atoms. The van der Waals surface area contributed by atoms with Crippen LogP contribution in [0.15, 0.2) is 11.1 Å². The monoisotopic (exact) mass is 572 g/mol. The molecule has 17 nitrogen and oxygen atoms in total. The number of alkyl halides is 2. The van der Waals surface area contributed by atoms with Crippen molar-refractivity contribution in [3.8, 4) is 0 Å². The number of nitrogens with one attached hydrogen (secondary N) is 1. The predicted octanol–water partition coefficient (Wildman–Crippen LogP) is -0.0233.